The molecule has 1 aliphatic carbocycles. The first kappa shape index (κ1) is 23.2. The van der Waals surface area contributed by atoms with E-state index in [-0.39, 0.29) is 35.2 Å². The quantitative estimate of drug-likeness (QED) is 0.371. The summed E-state index contributed by atoms with van der Waals surface area (Å²) >= 11 is 0. The fraction of sp³-hybridized carbons (Fsp3) is 0.375. The molecule has 2 amide bonds. The molecule has 2 aliphatic rings. The van der Waals surface area contributed by atoms with Crippen LogP contribution in [0.5, 0.6) is 5.75 Å². The molecule has 2 N–H and O–H groups in total. The maximum Gasteiger partial charge on any atom is 0.307 e. The Morgan fingerprint density at radius 1 is 1.09 bits per heavy atom. The second kappa shape index (κ2) is 9.50. The lowest BCUT2D eigenvalue weighted by Gasteiger charge is -2.36. The summed E-state index contributed by atoms with van der Waals surface area (Å²) in [5, 5.41) is 16.7. The van der Waals surface area contributed by atoms with E-state index in [9.17, 15) is 24.5 Å². The molecule has 2 fully saturated rings. The summed E-state index contributed by atoms with van der Waals surface area (Å²) in [5.41, 5.74) is -0.237. The number of anilines is 2. The molecular weight excluding hydrogens is 442 g/mol. The molecule has 1 aliphatic heterocycles. The molecule has 178 valence electrons. The number of nitrogens with zero attached hydrogens (tertiary/aromatic N) is 1. The third kappa shape index (κ3) is 4.70. The molecule has 1 heterocycles. The SMILES string of the molecule is COc1ccc(NC(=O)c2ccc(NC(=O)[C@@H]3CC(=O)OC34CCCCC4)cc2)c([N+](=O)[O-])c1. The Balaban J connectivity index is 1.43. The number of benzene rings is 2. The van der Waals surface area contributed by atoms with E-state index >= 15 is 0 Å². The van der Waals surface area contributed by atoms with Crippen LogP contribution in [0.15, 0.2) is 42.5 Å². The van der Waals surface area contributed by atoms with Crippen molar-refractivity contribution in [3.63, 3.8) is 0 Å². The number of rotatable bonds is 6. The van der Waals surface area contributed by atoms with Gasteiger partial charge in [0.05, 0.1) is 30.4 Å². The van der Waals surface area contributed by atoms with Gasteiger partial charge in [0, 0.05) is 11.3 Å². The second-order valence-corrected chi connectivity index (χ2v) is 8.52. The van der Waals surface area contributed by atoms with Gasteiger partial charge in [0.15, 0.2) is 0 Å². The van der Waals surface area contributed by atoms with Crippen LogP contribution in [0.1, 0.15) is 48.9 Å². The third-order valence-corrected chi connectivity index (χ3v) is 6.40. The zero-order chi connectivity index (χ0) is 24.3. The van der Waals surface area contributed by atoms with E-state index in [0.29, 0.717) is 24.3 Å². The van der Waals surface area contributed by atoms with Gasteiger partial charge in [-0.2, -0.15) is 0 Å². The van der Waals surface area contributed by atoms with Crippen LogP contribution in [0.4, 0.5) is 17.1 Å². The van der Waals surface area contributed by atoms with Crippen molar-refractivity contribution in [2.24, 2.45) is 5.92 Å². The van der Waals surface area contributed by atoms with Crippen molar-refractivity contribution in [3.05, 3.63) is 58.1 Å². The van der Waals surface area contributed by atoms with E-state index in [1.165, 1.54) is 37.4 Å². The highest BCUT2D eigenvalue weighted by atomic mass is 16.6. The van der Waals surface area contributed by atoms with Gasteiger partial charge in [-0.3, -0.25) is 24.5 Å². The molecule has 10 nitrogen and oxygen atoms in total. The summed E-state index contributed by atoms with van der Waals surface area (Å²) in [4.78, 5) is 48.2. The molecule has 0 aromatic heterocycles. The van der Waals surface area contributed by atoms with E-state index < -0.39 is 22.3 Å². The van der Waals surface area contributed by atoms with Gasteiger partial charge in [-0.15, -0.1) is 0 Å². The molecule has 0 unspecified atom stereocenters. The Morgan fingerprint density at radius 2 is 1.79 bits per heavy atom. The number of hydrogen-bond donors (Lipinski definition) is 2. The molecule has 1 saturated carbocycles. The molecule has 4 rings (SSSR count). The van der Waals surface area contributed by atoms with Gasteiger partial charge in [-0.1, -0.05) is 6.42 Å². The maximum atomic E-state index is 13.0. The number of carbonyl (C=O) groups is 3. The molecule has 1 saturated heterocycles. The van der Waals surface area contributed by atoms with Crippen LogP contribution < -0.4 is 15.4 Å². The average Bonchev–Trinajstić information content (AvgIpc) is 3.15. The molecular formula is C24H25N3O7. The van der Waals surface area contributed by atoms with Crippen molar-refractivity contribution in [1.82, 2.24) is 0 Å². The van der Waals surface area contributed by atoms with Crippen molar-refractivity contribution in [3.8, 4) is 5.75 Å². The van der Waals surface area contributed by atoms with Gasteiger partial charge in [0.1, 0.15) is 17.0 Å². The normalized spacial score (nSPS) is 18.7. The van der Waals surface area contributed by atoms with Crippen LogP contribution in [0.25, 0.3) is 0 Å². The largest absolute Gasteiger partial charge is 0.496 e. The number of nitro groups is 1. The summed E-state index contributed by atoms with van der Waals surface area (Å²) in [6.45, 7) is 0. The first-order chi connectivity index (χ1) is 16.3. The molecule has 34 heavy (non-hydrogen) atoms. The number of hydrogen-bond acceptors (Lipinski definition) is 7. The molecule has 0 bridgehead atoms. The molecule has 1 spiro atoms. The fourth-order valence-corrected chi connectivity index (χ4v) is 4.65. The number of esters is 1. The van der Waals surface area contributed by atoms with Crippen LogP contribution in [-0.2, 0) is 14.3 Å². The minimum atomic E-state index is -0.716. The fourth-order valence-electron chi connectivity index (χ4n) is 4.65. The minimum Gasteiger partial charge on any atom is -0.496 e. The molecule has 2 aromatic rings. The Bertz CT molecular complexity index is 1120. The summed E-state index contributed by atoms with van der Waals surface area (Å²) in [5.74, 6) is -1.41. The van der Waals surface area contributed by atoms with Crippen LogP contribution in [0.3, 0.4) is 0 Å². The lowest BCUT2D eigenvalue weighted by Crippen LogP contribution is -2.43. The maximum absolute atomic E-state index is 13.0. The Kier molecular flexibility index (Phi) is 6.49. The van der Waals surface area contributed by atoms with Gasteiger partial charge in [0.25, 0.3) is 11.6 Å². The van der Waals surface area contributed by atoms with Crippen molar-refractivity contribution >= 4 is 34.8 Å². The number of amides is 2. The van der Waals surface area contributed by atoms with E-state index in [0.717, 1.165) is 19.3 Å². The second-order valence-electron chi connectivity index (χ2n) is 8.52. The number of carbonyl (C=O) groups excluding carboxylic acids is 3. The van der Waals surface area contributed by atoms with Gasteiger partial charge < -0.3 is 20.1 Å². The highest BCUT2D eigenvalue weighted by Crippen LogP contribution is 2.44. The highest BCUT2D eigenvalue weighted by Gasteiger charge is 2.52. The Morgan fingerprint density at radius 3 is 2.44 bits per heavy atom. The summed E-state index contributed by atoms with van der Waals surface area (Å²) in [6, 6.07) is 10.3. The Hall–Kier alpha value is -3.95. The Labute approximate surface area is 195 Å². The van der Waals surface area contributed by atoms with E-state index in [1.807, 2.05) is 0 Å². The van der Waals surface area contributed by atoms with Crippen molar-refractivity contribution in [2.75, 3.05) is 17.7 Å². The number of nitro benzene ring substituents is 1. The van der Waals surface area contributed by atoms with Gasteiger partial charge in [0.2, 0.25) is 5.91 Å². The van der Waals surface area contributed by atoms with Crippen LogP contribution in [0, 0.1) is 16.0 Å². The van der Waals surface area contributed by atoms with Crippen LogP contribution >= 0.6 is 0 Å². The van der Waals surface area contributed by atoms with E-state index in [2.05, 4.69) is 10.6 Å². The monoisotopic (exact) mass is 467 g/mol. The smallest absolute Gasteiger partial charge is 0.307 e. The molecule has 2 aromatic carbocycles. The van der Waals surface area contributed by atoms with Gasteiger partial charge >= 0.3 is 5.97 Å². The zero-order valence-corrected chi connectivity index (χ0v) is 18.7. The molecule has 10 heteroatoms. The predicted octanol–water partition coefficient (Wildman–Crippen LogP) is 4.06. The van der Waals surface area contributed by atoms with E-state index in [1.54, 1.807) is 12.1 Å². The van der Waals surface area contributed by atoms with Crippen molar-refractivity contribution in [2.45, 2.75) is 44.1 Å². The van der Waals surface area contributed by atoms with Crippen molar-refractivity contribution < 1.29 is 28.8 Å². The zero-order valence-electron chi connectivity index (χ0n) is 18.7. The highest BCUT2D eigenvalue weighted by molar-refractivity contribution is 6.06. The topological polar surface area (TPSA) is 137 Å². The predicted molar refractivity (Wildman–Crippen MR) is 123 cm³/mol. The first-order valence-electron chi connectivity index (χ1n) is 11.1. The summed E-state index contributed by atoms with van der Waals surface area (Å²) < 4.78 is 10.6. The lowest BCUT2D eigenvalue weighted by molar-refractivity contribution is -0.384. The summed E-state index contributed by atoms with van der Waals surface area (Å²) in [7, 11) is 1.39. The van der Waals surface area contributed by atoms with Gasteiger partial charge in [-0.05, 0) is 62.1 Å². The molecule has 1 atom stereocenters. The average molecular weight is 467 g/mol. The van der Waals surface area contributed by atoms with Crippen LogP contribution in [-0.4, -0.2) is 35.4 Å². The van der Waals surface area contributed by atoms with Gasteiger partial charge in [-0.25, -0.2) is 0 Å². The summed E-state index contributed by atoms with van der Waals surface area (Å²) in [6.07, 6.45) is 4.35. The van der Waals surface area contributed by atoms with E-state index in [4.69, 9.17) is 9.47 Å². The molecule has 0 radical (unpaired) electrons. The van der Waals surface area contributed by atoms with Crippen molar-refractivity contribution in [1.29, 1.82) is 0 Å². The lowest BCUT2D eigenvalue weighted by atomic mass is 9.75. The standard InChI is InChI=1S/C24H25N3O7/c1-33-17-9-10-19(20(13-17)27(31)32)26-22(29)15-5-7-16(8-6-15)25-23(30)18-14-21(28)34-24(18)11-3-2-4-12-24/h5-10,13,18H,2-4,11-12,14H2,1H3,(H,25,30)(H,26,29)/t18-/m0/s1. The number of methoxy groups -OCH3 is 1. The number of nitrogens with one attached hydrogen (secondary N) is 2. The minimum absolute atomic E-state index is 0.0388. The first-order valence-corrected chi connectivity index (χ1v) is 11.1. The third-order valence-electron chi connectivity index (χ3n) is 6.40. The number of ether oxygens (including phenoxy) is 2. The van der Waals surface area contributed by atoms with Crippen LogP contribution in [0.2, 0.25) is 0 Å².